The summed E-state index contributed by atoms with van der Waals surface area (Å²) < 4.78 is 38.9. The van der Waals surface area contributed by atoms with Gasteiger partial charge in [-0.2, -0.15) is 0 Å². The molecule has 0 aliphatic carbocycles. The molecule has 0 saturated carbocycles. The van der Waals surface area contributed by atoms with Crippen molar-refractivity contribution in [3.05, 3.63) is 59.7 Å². The van der Waals surface area contributed by atoms with E-state index in [-0.39, 0.29) is 10.8 Å². The van der Waals surface area contributed by atoms with E-state index >= 15 is 0 Å². The molecule has 0 N–H and O–H groups in total. The van der Waals surface area contributed by atoms with E-state index in [4.69, 9.17) is 0 Å². The molecule has 0 bridgehead atoms. The Morgan fingerprint density at radius 2 is 1.18 bits per heavy atom. The summed E-state index contributed by atoms with van der Waals surface area (Å²) in [7, 11) is -3.67. The summed E-state index contributed by atoms with van der Waals surface area (Å²) in [5.41, 5.74) is 4.26. The number of hydrogen-bond donors (Lipinski definition) is 0. The molecule has 0 aliphatic heterocycles. The molecule has 3 atom stereocenters. The van der Waals surface area contributed by atoms with Gasteiger partial charge in [0.15, 0.2) is 9.84 Å². The molecule has 1 aromatic heterocycles. The van der Waals surface area contributed by atoms with Crippen LogP contribution >= 0.6 is 26.9 Å². The van der Waals surface area contributed by atoms with Crippen molar-refractivity contribution in [2.24, 2.45) is 0 Å². The van der Waals surface area contributed by atoms with Crippen LogP contribution in [0.2, 0.25) is 0 Å². The van der Waals surface area contributed by atoms with Crippen molar-refractivity contribution in [3.63, 3.8) is 0 Å². The van der Waals surface area contributed by atoms with Crippen LogP contribution in [0.15, 0.2) is 53.4 Å². The summed E-state index contributed by atoms with van der Waals surface area (Å²) in [5.74, 6) is 0. The molecule has 3 rings (SSSR count). The fraction of sp³-hybridized carbons (Fsp3) is 0.385. The zero-order valence-corrected chi connectivity index (χ0v) is 25.6. The molecule has 0 fully saturated rings. The zero-order chi connectivity index (χ0) is 25.6. The maximum atomic E-state index is 13.1. The summed E-state index contributed by atoms with van der Waals surface area (Å²) in [6, 6.07) is 16.5. The molecule has 0 aliphatic rings. The van der Waals surface area contributed by atoms with Gasteiger partial charge in [-0.3, -0.25) is 4.21 Å². The van der Waals surface area contributed by atoms with Crippen LogP contribution in [0.4, 0.5) is 0 Å². The van der Waals surface area contributed by atoms with E-state index in [1.807, 2.05) is 18.8 Å². The minimum Gasteiger partial charge on any atom is -0.251 e. The Morgan fingerprint density at radius 3 is 1.50 bits per heavy atom. The second-order valence-corrected chi connectivity index (χ2v) is 20.8. The van der Waals surface area contributed by atoms with Gasteiger partial charge in [0.05, 0.1) is 19.8 Å². The highest BCUT2D eigenvalue weighted by Gasteiger charge is 2.31. The van der Waals surface area contributed by atoms with E-state index in [1.54, 1.807) is 0 Å². The number of hydrogen-bond acceptors (Lipinski definition) is 4. The molecule has 2 aromatic carbocycles. The monoisotopic (exact) mass is 552 g/mol. The van der Waals surface area contributed by atoms with Crippen molar-refractivity contribution in [1.82, 2.24) is 0 Å². The van der Waals surface area contributed by atoms with Gasteiger partial charge in [0.1, 0.15) is 0 Å². The van der Waals surface area contributed by atoms with Gasteiger partial charge in [0.2, 0.25) is 0 Å². The van der Waals surface area contributed by atoms with Gasteiger partial charge in [-0.05, 0) is 48.2 Å². The molecule has 0 saturated heterocycles. The lowest BCUT2D eigenvalue weighted by molar-refractivity contribution is 0.590. The van der Waals surface area contributed by atoms with Crippen molar-refractivity contribution in [2.45, 2.75) is 57.3 Å². The Bertz CT molecular complexity index is 1310. The van der Waals surface area contributed by atoms with Gasteiger partial charge in [0.25, 0.3) is 0 Å². The third-order valence-corrected chi connectivity index (χ3v) is 15.3. The van der Waals surface area contributed by atoms with Crippen molar-refractivity contribution in [1.29, 1.82) is 0 Å². The van der Waals surface area contributed by atoms with E-state index in [0.29, 0.717) is 10.2 Å². The molecule has 0 radical (unpaired) electrons. The third-order valence-electron chi connectivity index (χ3n) is 5.82. The Balaban J connectivity index is 2.32. The quantitative estimate of drug-likeness (QED) is 0.313. The van der Waals surface area contributed by atoms with Gasteiger partial charge in [-0.15, -0.1) is 11.3 Å². The third kappa shape index (κ3) is 5.90. The van der Waals surface area contributed by atoms with Crippen molar-refractivity contribution >= 4 is 52.1 Å². The second kappa shape index (κ2) is 9.87. The van der Waals surface area contributed by atoms with Gasteiger partial charge >= 0.3 is 0 Å². The lowest BCUT2D eigenvalue weighted by Gasteiger charge is -2.19. The lowest BCUT2D eigenvalue weighted by Crippen LogP contribution is -2.14. The first-order valence-electron chi connectivity index (χ1n) is 11.0. The minimum atomic E-state index is -3.56. The van der Waals surface area contributed by atoms with Crippen LogP contribution in [-0.2, 0) is 30.7 Å². The van der Waals surface area contributed by atoms with E-state index in [1.165, 1.54) is 28.7 Å². The smallest absolute Gasteiger partial charge is 0.177 e. The number of rotatable bonds is 5. The number of thiophene rings is 1. The lowest BCUT2D eigenvalue weighted by atomic mass is 9.86. The normalized spacial score (nSPS) is 14.7. The summed E-state index contributed by atoms with van der Waals surface area (Å²) >= 11 is 1.48. The molecular weight excluding hydrogens is 518 g/mol. The predicted octanol–water partition coefficient (Wildman–Crippen LogP) is 7.27. The highest BCUT2D eigenvalue weighted by Crippen LogP contribution is 2.50. The van der Waals surface area contributed by atoms with Crippen molar-refractivity contribution in [3.8, 4) is 20.9 Å². The Hall–Kier alpha value is -0.900. The maximum absolute atomic E-state index is 13.1. The minimum absolute atomic E-state index is 0.00678. The van der Waals surface area contributed by atoms with Gasteiger partial charge in [-0.25, -0.2) is 8.42 Å². The fourth-order valence-corrected chi connectivity index (χ4v) is 11.3. The van der Waals surface area contributed by atoms with Crippen LogP contribution < -0.4 is 5.30 Å². The van der Waals surface area contributed by atoms with Crippen LogP contribution in [0.3, 0.4) is 0 Å². The summed E-state index contributed by atoms with van der Waals surface area (Å²) in [6.45, 7) is 14.9. The van der Waals surface area contributed by atoms with Crippen LogP contribution in [-0.4, -0.2) is 25.5 Å². The van der Waals surface area contributed by atoms with Crippen LogP contribution in [0.1, 0.15) is 52.7 Å². The van der Waals surface area contributed by atoms with E-state index in [0.717, 1.165) is 20.9 Å². The predicted molar refractivity (Wildman–Crippen MR) is 156 cm³/mol. The van der Waals surface area contributed by atoms with Crippen LogP contribution in [0.5, 0.6) is 0 Å². The Morgan fingerprint density at radius 1 is 0.794 bits per heavy atom. The van der Waals surface area contributed by atoms with Gasteiger partial charge < -0.3 is 0 Å². The molecule has 3 unspecified atom stereocenters. The average Bonchev–Trinajstić information content (AvgIpc) is 3.13. The van der Waals surface area contributed by atoms with Crippen molar-refractivity contribution < 1.29 is 12.6 Å². The first-order chi connectivity index (χ1) is 15.5. The Labute approximate surface area is 214 Å². The fourth-order valence-electron chi connectivity index (χ4n) is 3.76. The first kappa shape index (κ1) is 27.7. The summed E-state index contributed by atoms with van der Waals surface area (Å²) in [4.78, 5) is 1.93. The summed E-state index contributed by atoms with van der Waals surface area (Å²) in [6.07, 6.45) is 1.26. The second-order valence-electron chi connectivity index (χ2n) is 10.6. The maximum Gasteiger partial charge on any atom is 0.177 e. The van der Waals surface area contributed by atoms with Gasteiger partial charge in [0, 0.05) is 23.6 Å². The molecular formula is C26H34O3P2S3. The van der Waals surface area contributed by atoms with Gasteiger partial charge in [-0.1, -0.05) is 90.1 Å². The number of benzene rings is 2. The molecule has 1 heterocycles. The van der Waals surface area contributed by atoms with Crippen LogP contribution in [0, 0.1) is 0 Å². The molecule has 0 amide bonds. The molecule has 0 spiro atoms. The van der Waals surface area contributed by atoms with E-state index in [2.05, 4.69) is 86.4 Å². The highest BCUT2D eigenvalue weighted by atomic mass is 33.1. The first-order valence-corrected chi connectivity index (χ1v) is 18.7. The molecule has 8 heteroatoms. The van der Waals surface area contributed by atoms with E-state index in [9.17, 15) is 12.6 Å². The van der Waals surface area contributed by atoms with Crippen LogP contribution in [0.25, 0.3) is 20.9 Å². The molecule has 3 aromatic rings. The van der Waals surface area contributed by atoms with E-state index < -0.39 is 27.0 Å². The molecule has 3 nitrogen and oxygen atoms in total. The molecule has 184 valence electrons. The molecule has 34 heavy (non-hydrogen) atoms. The zero-order valence-electron chi connectivity index (χ0n) is 21.1. The Kier molecular flexibility index (Phi) is 8.03. The average molecular weight is 553 g/mol. The topological polar surface area (TPSA) is 51.2 Å². The SMILES string of the molecule is CP(c1c(-c2ccc(C(C)(C)C)cc2)sc(-c2ccc(C(C)(C)C)cc2)c1S(C)(=O)=O)S(=O)P. The standard InChI is InChI=1S/C26H34O3P2S3/c1-25(2,3)19-13-9-17(10-14-19)22-21(31(7)33(27)30)24(34(8,28)29)23(32-22)18-11-15-20(16-12-18)26(4,5)6/h9-16H,30H2,1-8H3. The largest absolute Gasteiger partial charge is 0.251 e. The summed E-state index contributed by atoms with van der Waals surface area (Å²) in [5, 5.41) is 0.703. The number of sulfone groups is 1. The van der Waals surface area contributed by atoms with Crippen molar-refractivity contribution in [2.75, 3.05) is 12.9 Å². The highest BCUT2D eigenvalue weighted by molar-refractivity contribution is 8.71.